The molecule has 2 aromatic carbocycles. The van der Waals surface area contributed by atoms with Gasteiger partial charge in [-0.1, -0.05) is 17.5 Å². The van der Waals surface area contributed by atoms with Crippen molar-refractivity contribution in [3.63, 3.8) is 0 Å². The maximum atomic E-state index is 12.1. The second kappa shape index (κ2) is 8.25. The van der Waals surface area contributed by atoms with Crippen LogP contribution in [0.4, 0.5) is 0 Å². The van der Waals surface area contributed by atoms with E-state index in [0.29, 0.717) is 16.4 Å². The number of nitrogens with one attached hydrogen (secondary N) is 1. The Morgan fingerprint density at radius 1 is 1.35 bits per heavy atom. The minimum absolute atomic E-state index is 0.159. The largest absolute Gasteiger partial charge is 0.480 e. The Bertz CT molecular complexity index is 1040. The van der Waals surface area contributed by atoms with Gasteiger partial charge in [-0.25, -0.2) is 5.43 Å². The number of hydrogen-bond acceptors (Lipinski definition) is 4. The van der Waals surface area contributed by atoms with Gasteiger partial charge in [-0.05, 0) is 70.6 Å². The summed E-state index contributed by atoms with van der Waals surface area (Å²) in [6.45, 7) is 0.211. The molecule has 1 N–H and O–H groups in total. The lowest BCUT2D eigenvalue weighted by atomic mass is 10.2. The summed E-state index contributed by atoms with van der Waals surface area (Å²) in [4.78, 5) is 12.1. The smallest absolute Gasteiger partial charge is 0.307 e. The number of terminal acetylenes is 1. The van der Waals surface area contributed by atoms with Gasteiger partial charge in [0.05, 0.1) is 9.78 Å². The van der Waals surface area contributed by atoms with Crippen LogP contribution in [0.3, 0.4) is 0 Å². The molecule has 3 rings (SSSR count). The Labute approximate surface area is 168 Å². The number of rotatable bonds is 5. The number of amides is 1. The Morgan fingerprint density at radius 3 is 2.96 bits per heavy atom. The number of furan rings is 1. The van der Waals surface area contributed by atoms with Crippen molar-refractivity contribution >= 4 is 57.3 Å². The highest BCUT2D eigenvalue weighted by Crippen LogP contribution is 2.23. The van der Waals surface area contributed by atoms with Crippen LogP contribution in [-0.4, -0.2) is 18.7 Å². The molecule has 0 bridgehead atoms. The predicted octanol–water partition coefficient (Wildman–Crippen LogP) is 4.47. The zero-order valence-electron chi connectivity index (χ0n) is 13.3. The molecule has 130 valence electrons. The molecule has 0 aliphatic carbocycles. The number of benzene rings is 2. The summed E-state index contributed by atoms with van der Waals surface area (Å²) >= 11 is 8.07. The Morgan fingerprint density at radius 2 is 2.19 bits per heavy atom. The van der Waals surface area contributed by atoms with E-state index in [9.17, 15) is 4.79 Å². The highest BCUT2D eigenvalue weighted by atomic mass is 127. The van der Waals surface area contributed by atoms with Gasteiger partial charge >= 0.3 is 5.91 Å². The summed E-state index contributed by atoms with van der Waals surface area (Å²) in [5.74, 6) is 2.83. The van der Waals surface area contributed by atoms with Gasteiger partial charge in [-0.2, -0.15) is 5.10 Å². The highest BCUT2D eigenvalue weighted by molar-refractivity contribution is 14.1. The number of halogens is 2. The number of carbonyl (C=O) groups is 1. The fourth-order valence-corrected chi connectivity index (χ4v) is 3.06. The fraction of sp³-hybridized carbons (Fsp3) is 0.0526. The average Bonchev–Trinajstić information content (AvgIpc) is 3.04. The van der Waals surface area contributed by atoms with Crippen LogP contribution in [-0.2, 0) is 0 Å². The molecule has 3 aromatic rings. The van der Waals surface area contributed by atoms with E-state index < -0.39 is 5.91 Å². The molecule has 26 heavy (non-hydrogen) atoms. The number of nitrogens with zero attached hydrogens (tertiary/aromatic N) is 1. The molecule has 5 nitrogen and oxygen atoms in total. The minimum atomic E-state index is -0.447. The van der Waals surface area contributed by atoms with Crippen molar-refractivity contribution in [1.82, 2.24) is 5.43 Å². The summed E-state index contributed by atoms with van der Waals surface area (Å²) in [5.41, 5.74) is 3.82. The highest BCUT2D eigenvalue weighted by Gasteiger charge is 2.11. The molecule has 0 saturated carbocycles. The number of hydrazone groups is 1. The molecule has 1 heterocycles. The molecule has 0 fully saturated rings. The third kappa shape index (κ3) is 4.36. The van der Waals surface area contributed by atoms with Gasteiger partial charge in [0.25, 0.3) is 0 Å². The molecular formula is C19H12ClIN2O3. The van der Waals surface area contributed by atoms with Crippen LogP contribution in [0.15, 0.2) is 52.0 Å². The summed E-state index contributed by atoms with van der Waals surface area (Å²) in [6.07, 6.45) is 6.71. The van der Waals surface area contributed by atoms with Crippen molar-refractivity contribution in [2.24, 2.45) is 5.10 Å². The second-order valence-electron chi connectivity index (χ2n) is 5.17. The first-order chi connectivity index (χ1) is 12.6. The third-order valence-corrected chi connectivity index (χ3v) is 4.43. The van der Waals surface area contributed by atoms with Gasteiger partial charge in [-0.15, -0.1) is 6.42 Å². The fourth-order valence-electron chi connectivity index (χ4n) is 2.18. The van der Waals surface area contributed by atoms with E-state index >= 15 is 0 Å². The first kappa shape index (κ1) is 18.3. The molecule has 0 aliphatic heterocycles. The molecule has 0 unspecified atom stereocenters. The first-order valence-corrected chi connectivity index (χ1v) is 8.91. The predicted molar refractivity (Wildman–Crippen MR) is 110 cm³/mol. The van der Waals surface area contributed by atoms with Crippen molar-refractivity contribution in [3.8, 4) is 18.1 Å². The lowest BCUT2D eigenvalue weighted by Gasteiger charge is -2.05. The van der Waals surface area contributed by atoms with E-state index in [4.69, 9.17) is 27.2 Å². The van der Waals surface area contributed by atoms with E-state index in [-0.39, 0.29) is 12.4 Å². The van der Waals surface area contributed by atoms with Crippen LogP contribution < -0.4 is 10.2 Å². The van der Waals surface area contributed by atoms with Crippen LogP contribution in [0.2, 0.25) is 5.02 Å². The number of ether oxygens (including phenoxy) is 1. The van der Waals surface area contributed by atoms with E-state index in [1.165, 1.54) is 6.21 Å². The molecule has 0 atom stereocenters. The van der Waals surface area contributed by atoms with E-state index in [1.807, 2.05) is 12.1 Å². The van der Waals surface area contributed by atoms with Gasteiger partial charge in [0.15, 0.2) is 5.76 Å². The standard InChI is InChI=1S/C19H12ClIN2O3/c1-2-7-25-17-5-3-12(8-15(17)21)11-22-23-19(24)18-10-13-9-14(20)4-6-16(13)26-18/h1,3-6,8-11H,7H2,(H,23,24)/b22-11+. The average molecular weight is 479 g/mol. The monoisotopic (exact) mass is 478 g/mol. The minimum Gasteiger partial charge on any atom is -0.480 e. The zero-order valence-corrected chi connectivity index (χ0v) is 16.2. The Kier molecular flexibility index (Phi) is 5.81. The van der Waals surface area contributed by atoms with Gasteiger partial charge in [0.1, 0.15) is 17.9 Å². The van der Waals surface area contributed by atoms with Crippen LogP contribution in [0.1, 0.15) is 16.1 Å². The Hall–Kier alpha value is -2.50. The molecular weight excluding hydrogens is 467 g/mol. The summed E-state index contributed by atoms with van der Waals surface area (Å²) < 4.78 is 11.8. The molecule has 1 amide bonds. The number of hydrogen-bond donors (Lipinski definition) is 1. The van der Waals surface area contributed by atoms with Crippen LogP contribution in [0, 0.1) is 15.9 Å². The van der Waals surface area contributed by atoms with E-state index in [1.54, 1.807) is 30.3 Å². The van der Waals surface area contributed by atoms with Gasteiger partial charge in [0.2, 0.25) is 0 Å². The van der Waals surface area contributed by atoms with Crippen molar-refractivity contribution in [1.29, 1.82) is 0 Å². The third-order valence-electron chi connectivity index (χ3n) is 3.35. The van der Waals surface area contributed by atoms with Gasteiger partial charge in [0, 0.05) is 10.4 Å². The van der Waals surface area contributed by atoms with Crippen LogP contribution >= 0.6 is 34.2 Å². The SMILES string of the molecule is C#CCOc1ccc(/C=N/NC(=O)c2cc3cc(Cl)ccc3o2)cc1I. The molecule has 0 aliphatic rings. The molecule has 7 heteroatoms. The quantitative estimate of drug-likeness (QED) is 0.255. The zero-order chi connectivity index (χ0) is 18.5. The summed E-state index contributed by atoms with van der Waals surface area (Å²) in [5, 5.41) is 5.28. The molecule has 0 radical (unpaired) electrons. The summed E-state index contributed by atoms with van der Waals surface area (Å²) in [6, 6.07) is 12.2. The second-order valence-corrected chi connectivity index (χ2v) is 6.77. The van der Waals surface area contributed by atoms with Gasteiger partial charge < -0.3 is 9.15 Å². The number of fused-ring (bicyclic) bond motifs is 1. The summed E-state index contributed by atoms with van der Waals surface area (Å²) in [7, 11) is 0. The topological polar surface area (TPSA) is 63.8 Å². The van der Waals surface area contributed by atoms with Crippen LogP contribution in [0.5, 0.6) is 5.75 Å². The molecule has 0 saturated heterocycles. The van der Waals surface area contributed by atoms with Gasteiger partial charge in [-0.3, -0.25) is 4.79 Å². The van der Waals surface area contributed by atoms with Crippen molar-refractivity contribution in [2.45, 2.75) is 0 Å². The lowest BCUT2D eigenvalue weighted by molar-refractivity contribution is 0.0929. The number of carbonyl (C=O) groups excluding carboxylic acids is 1. The van der Waals surface area contributed by atoms with Crippen molar-refractivity contribution < 1.29 is 13.9 Å². The normalized spacial score (nSPS) is 10.8. The van der Waals surface area contributed by atoms with Crippen molar-refractivity contribution in [3.05, 3.63) is 62.4 Å². The molecule has 0 spiro atoms. The lowest BCUT2D eigenvalue weighted by Crippen LogP contribution is -2.16. The van der Waals surface area contributed by atoms with E-state index in [2.05, 4.69) is 39.0 Å². The van der Waals surface area contributed by atoms with Crippen molar-refractivity contribution in [2.75, 3.05) is 6.61 Å². The first-order valence-electron chi connectivity index (χ1n) is 7.45. The van der Waals surface area contributed by atoms with E-state index in [0.717, 1.165) is 14.5 Å². The maximum Gasteiger partial charge on any atom is 0.307 e. The Balaban J connectivity index is 1.66. The molecule has 1 aromatic heterocycles. The van der Waals surface area contributed by atoms with Crippen LogP contribution in [0.25, 0.3) is 11.0 Å². The maximum absolute atomic E-state index is 12.1.